The average Bonchev–Trinajstić information content (AvgIpc) is 2.59. The second-order valence-electron chi connectivity index (χ2n) is 6.48. The minimum atomic E-state index is -0.342. The third-order valence-electron chi connectivity index (χ3n) is 4.68. The van der Waals surface area contributed by atoms with Crippen molar-refractivity contribution in [2.75, 3.05) is 0 Å². The van der Waals surface area contributed by atoms with Gasteiger partial charge in [0.1, 0.15) is 0 Å². The molecule has 0 aromatic carbocycles. The fourth-order valence-electron chi connectivity index (χ4n) is 3.53. The van der Waals surface area contributed by atoms with Gasteiger partial charge < -0.3 is 10.2 Å². The highest BCUT2D eigenvalue weighted by Gasteiger charge is 2.44. The van der Waals surface area contributed by atoms with Gasteiger partial charge in [-0.2, -0.15) is 0 Å². The lowest BCUT2D eigenvalue weighted by molar-refractivity contribution is 0.173. The van der Waals surface area contributed by atoms with E-state index in [4.69, 9.17) is 0 Å². The van der Waals surface area contributed by atoms with Crippen LogP contribution in [0.4, 0.5) is 0 Å². The van der Waals surface area contributed by atoms with E-state index in [1.807, 2.05) is 6.08 Å². The highest BCUT2D eigenvalue weighted by Crippen LogP contribution is 2.50. The van der Waals surface area contributed by atoms with Gasteiger partial charge in [0.2, 0.25) is 0 Å². The summed E-state index contributed by atoms with van der Waals surface area (Å²) in [6.45, 7) is 10.6. The van der Waals surface area contributed by atoms with Gasteiger partial charge >= 0.3 is 0 Å². The highest BCUT2D eigenvalue weighted by atomic mass is 16.3. The fraction of sp³-hybridized carbons (Fsp3) is 0.733. The van der Waals surface area contributed by atoms with Gasteiger partial charge in [0, 0.05) is 0 Å². The lowest BCUT2D eigenvalue weighted by Crippen LogP contribution is -2.21. The summed E-state index contributed by atoms with van der Waals surface area (Å²) >= 11 is 0. The van der Waals surface area contributed by atoms with Crippen LogP contribution >= 0.6 is 0 Å². The molecule has 1 saturated carbocycles. The van der Waals surface area contributed by atoms with Crippen molar-refractivity contribution in [2.24, 2.45) is 17.3 Å². The molecule has 2 N–H and O–H groups in total. The molecule has 0 spiro atoms. The molecule has 0 aliphatic heterocycles. The third-order valence-corrected chi connectivity index (χ3v) is 4.68. The normalized spacial score (nSPS) is 40.8. The summed E-state index contributed by atoms with van der Waals surface area (Å²) in [7, 11) is 0. The van der Waals surface area contributed by atoms with Gasteiger partial charge in [-0.25, -0.2) is 0 Å². The number of hydrogen-bond donors (Lipinski definition) is 2. The van der Waals surface area contributed by atoms with E-state index in [-0.39, 0.29) is 17.6 Å². The number of rotatable bonds is 2. The second-order valence-corrected chi connectivity index (χ2v) is 6.48. The molecule has 0 saturated heterocycles. The minimum Gasteiger partial charge on any atom is -0.389 e. The van der Waals surface area contributed by atoms with E-state index in [1.54, 1.807) is 0 Å². The molecule has 17 heavy (non-hydrogen) atoms. The van der Waals surface area contributed by atoms with Crippen LogP contribution in [-0.4, -0.2) is 22.4 Å². The molecule has 2 aliphatic carbocycles. The van der Waals surface area contributed by atoms with Crippen molar-refractivity contribution in [3.63, 3.8) is 0 Å². The van der Waals surface area contributed by atoms with Crippen LogP contribution in [-0.2, 0) is 0 Å². The van der Waals surface area contributed by atoms with Crippen LogP contribution in [0, 0.1) is 17.3 Å². The highest BCUT2D eigenvalue weighted by molar-refractivity contribution is 5.22. The minimum absolute atomic E-state index is 0.129. The van der Waals surface area contributed by atoms with Crippen LogP contribution in [0.25, 0.3) is 0 Å². The first-order valence-corrected chi connectivity index (χ1v) is 6.54. The maximum atomic E-state index is 9.93. The maximum Gasteiger partial charge on any atom is 0.0755 e. The summed E-state index contributed by atoms with van der Waals surface area (Å²) in [5, 5.41) is 19.6. The molecule has 0 aromatic heterocycles. The molecule has 0 amide bonds. The van der Waals surface area contributed by atoms with Crippen LogP contribution < -0.4 is 0 Å². The zero-order valence-corrected chi connectivity index (χ0v) is 11.1. The van der Waals surface area contributed by atoms with E-state index in [2.05, 4.69) is 27.4 Å². The average molecular weight is 236 g/mol. The Morgan fingerprint density at radius 3 is 2.47 bits per heavy atom. The van der Waals surface area contributed by atoms with Gasteiger partial charge in [0.25, 0.3) is 0 Å². The molecule has 2 aliphatic rings. The molecule has 1 fully saturated rings. The third kappa shape index (κ3) is 2.34. The molecule has 0 bridgehead atoms. The SMILES string of the molecule is C=C1C(CC2C[C@H](O)C=C2C)C(C)(C)C[C@H]1O. The molecule has 96 valence electrons. The Morgan fingerprint density at radius 1 is 1.41 bits per heavy atom. The van der Waals surface area contributed by atoms with Gasteiger partial charge in [-0.3, -0.25) is 0 Å². The van der Waals surface area contributed by atoms with Gasteiger partial charge in [-0.15, -0.1) is 0 Å². The quantitative estimate of drug-likeness (QED) is 0.724. The number of aliphatic hydroxyl groups is 2. The van der Waals surface area contributed by atoms with Crippen LogP contribution in [0.5, 0.6) is 0 Å². The van der Waals surface area contributed by atoms with E-state index < -0.39 is 0 Å². The molecule has 0 radical (unpaired) electrons. The molecule has 2 nitrogen and oxygen atoms in total. The van der Waals surface area contributed by atoms with Crippen LogP contribution in [0.15, 0.2) is 23.8 Å². The first-order valence-electron chi connectivity index (χ1n) is 6.54. The Kier molecular flexibility index (Phi) is 3.21. The van der Waals surface area contributed by atoms with Gasteiger partial charge in [0.05, 0.1) is 12.2 Å². The summed E-state index contributed by atoms with van der Waals surface area (Å²) < 4.78 is 0. The smallest absolute Gasteiger partial charge is 0.0755 e. The number of aliphatic hydroxyl groups excluding tert-OH is 2. The Bertz CT molecular complexity index is 354. The lowest BCUT2D eigenvalue weighted by Gasteiger charge is -2.30. The van der Waals surface area contributed by atoms with E-state index >= 15 is 0 Å². The Morgan fingerprint density at radius 2 is 2.06 bits per heavy atom. The topological polar surface area (TPSA) is 40.5 Å². The van der Waals surface area contributed by atoms with Crippen molar-refractivity contribution in [1.29, 1.82) is 0 Å². The molecule has 2 unspecified atom stereocenters. The van der Waals surface area contributed by atoms with Crippen LogP contribution in [0.1, 0.15) is 40.0 Å². The standard InChI is InChI=1S/C15H24O2/c1-9-5-12(16)6-11(9)7-13-10(2)14(17)8-15(13,3)4/h5,11-14,16-17H,2,6-8H2,1,3-4H3/t11?,12-,13?,14-/m1/s1. The fourth-order valence-corrected chi connectivity index (χ4v) is 3.53. The summed E-state index contributed by atoms with van der Waals surface area (Å²) in [6.07, 6.45) is 4.01. The summed E-state index contributed by atoms with van der Waals surface area (Å²) in [4.78, 5) is 0. The Labute approximate surface area is 104 Å². The Hall–Kier alpha value is -0.600. The molecule has 2 heteroatoms. The molecular weight excluding hydrogens is 212 g/mol. The van der Waals surface area contributed by atoms with Crippen LogP contribution in [0.3, 0.4) is 0 Å². The number of hydrogen-bond acceptors (Lipinski definition) is 2. The van der Waals surface area contributed by atoms with E-state index in [1.165, 1.54) is 5.57 Å². The van der Waals surface area contributed by atoms with Crippen molar-refractivity contribution in [2.45, 2.75) is 52.2 Å². The van der Waals surface area contributed by atoms with Gasteiger partial charge in [-0.1, -0.05) is 32.1 Å². The zero-order valence-electron chi connectivity index (χ0n) is 11.1. The predicted octanol–water partition coefficient (Wildman–Crippen LogP) is 2.67. The number of allylic oxidation sites excluding steroid dienone is 1. The zero-order chi connectivity index (χ0) is 12.8. The van der Waals surface area contributed by atoms with E-state index in [9.17, 15) is 10.2 Å². The van der Waals surface area contributed by atoms with E-state index in [0.29, 0.717) is 11.8 Å². The first-order chi connectivity index (χ1) is 7.81. The largest absolute Gasteiger partial charge is 0.389 e. The van der Waals surface area contributed by atoms with Crippen molar-refractivity contribution in [3.05, 3.63) is 23.8 Å². The van der Waals surface area contributed by atoms with Crippen LogP contribution in [0.2, 0.25) is 0 Å². The van der Waals surface area contributed by atoms with Crippen molar-refractivity contribution < 1.29 is 10.2 Å². The molecule has 4 atom stereocenters. The summed E-state index contributed by atoms with van der Waals surface area (Å²) in [6, 6.07) is 0. The van der Waals surface area contributed by atoms with E-state index in [0.717, 1.165) is 24.8 Å². The van der Waals surface area contributed by atoms with Crippen molar-refractivity contribution in [1.82, 2.24) is 0 Å². The Balaban J connectivity index is 2.09. The van der Waals surface area contributed by atoms with Crippen molar-refractivity contribution in [3.8, 4) is 0 Å². The summed E-state index contributed by atoms with van der Waals surface area (Å²) in [5.74, 6) is 0.826. The van der Waals surface area contributed by atoms with Crippen molar-refractivity contribution >= 4 is 0 Å². The second kappa shape index (κ2) is 4.25. The summed E-state index contributed by atoms with van der Waals surface area (Å²) in [5.41, 5.74) is 2.41. The maximum absolute atomic E-state index is 9.93. The van der Waals surface area contributed by atoms with Gasteiger partial charge in [0.15, 0.2) is 0 Å². The predicted molar refractivity (Wildman–Crippen MR) is 69.5 cm³/mol. The molecule has 2 rings (SSSR count). The van der Waals surface area contributed by atoms with Gasteiger partial charge in [-0.05, 0) is 49.0 Å². The first kappa shape index (κ1) is 12.8. The lowest BCUT2D eigenvalue weighted by atomic mass is 9.75. The molecular formula is C15H24O2. The monoisotopic (exact) mass is 236 g/mol. The molecule has 0 heterocycles. The molecule has 0 aromatic rings.